The van der Waals surface area contributed by atoms with Crippen molar-refractivity contribution >= 4 is 39.3 Å². The molecule has 0 saturated carbocycles. The zero-order chi connectivity index (χ0) is 21.4. The summed E-state index contributed by atoms with van der Waals surface area (Å²) in [6.07, 6.45) is 1.71. The van der Waals surface area contributed by atoms with Crippen LogP contribution in [0.5, 0.6) is 0 Å². The van der Waals surface area contributed by atoms with Crippen LogP contribution in [0.4, 0.5) is 5.69 Å². The van der Waals surface area contributed by atoms with E-state index >= 15 is 0 Å². The molecule has 2 aliphatic rings. The number of rotatable bonds is 4. The van der Waals surface area contributed by atoms with E-state index in [2.05, 4.69) is 5.32 Å². The van der Waals surface area contributed by atoms with Crippen molar-refractivity contribution < 1.29 is 18.0 Å². The van der Waals surface area contributed by atoms with Gasteiger partial charge in [-0.05, 0) is 51.8 Å². The Kier molecular flexibility index (Phi) is 6.31. The summed E-state index contributed by atoms with van der Waals surface area (Å²) in [6.45, 7) is 8.36. The van der Waals surface area contributed by atoms with Crippen molar-refractivity contribution in [2.24, 2.45) is 5.92 Å². The average molecular weight is 440 g/mol. The molecule has 0 unspecified atom stereocenters. The van der Waals surface area contributed by atoms with Gasteiger partial charge in [-0.25, -0.2) is 8.42 Å². The molecular weight excluding hydrogens is 410 g/mol. The Balaban J connectivity index is 1.99. The maximum absolute atomic E-state index is 13.0. The lowest BCUT2D eigenvalue weighted by Crippen LogP contribution is -2.48. The van der Waals surface area contributed by atoms with E-state index < -0.39 is 15.6 Å². The lowest BCUT2D eigenvalue weighted by molar-refractivity contribution is -0.126. The van der Waals surface area contributed by atoms with Crippen molar-refractivity contribution in [2.75, 3.05) is 30.3 Å². The van der Waals surface area contributed by atoms with Crippen LogP contribution in [0.15, 0.2) is 28.0 Å². The summed E-state index contributed by atoms with van der Waals surface area (Å²) < 4.78 is 27.5. The van der Waals surface area contributed by atoms with Gasteiger partial charge in [0.15, 0.2) is 0 Å². The van der Waals surface area contributed by atoms with Crippen molar-refractivity contribution in [3.63, 3.8) is 0 Å². The lowest BCUT2D eigenvalue weighted by atomic mass is 10.1. The molecule has 2 aliphatic heterocycles. The Morgan fingerprint density at radius 3 is 2.52 bits per heavy atom. The maximum atomic E-state index is 13.0. The molecule has 7 nitrogen and oxygen atoms in total. The van der Waals surface area contributed by atoms with Crippen molar-refractivity contribution in [3.05, 3.63) is 18.2 Å². The minimum Gasteiger partial charge on any atom is -0.350 e. The van der Waals surface area contributed by atoms with Gasteiger partial charge in [-0.1, -0.05) is 6.92 Å². The smallest absolute Gasteiger partial charge is 0.243 e. The van der Waals surface area contributed by atoms with E-state index in [1.165, 1.54) is 21.0 Å². The summed E-state index contributed by atoms with van der Waals surface area (Å²) in [4.78, 5) is 28.0. The van der Waals surface area contributed by atoms with Crippen LogP contribution in [0.2, 0.25) is 0 Å². The predicted octanol–water partition coefficient (Wildman–Crippen LogP) is 2.46. The van der Waals surface area contributed by atoms with Crippen molar-refractivity contribution in [1.82, 2.24) is 9.62 Å². The van der Waals surface area contributed by atoms with Crippen LogP contribution >= 0.6 is 11.8 Å². The van der Waals surface area contributed by atoms with Gasteiger partial charge < -0.3 is 10.2 Å². The van der Waals surface area contributed by atoms with Gasteiger partial charge in [-0.2, -0.15) is 4.31 Å². The summed E-state index contributed by atoms with van der Waals surface area (Å²) in [5, 5.41) is 2.88. The number of hydrogen-bond acceptors (Lipinski definition) is 5. The van der Waals surface area contributed by atoms with E-state index in [4.69, 9.17) is 0 Å². The molecule has 160 valence electrons. The van der Waals surface area contributed by atoms with E-state index in [-0.39, 0.29) is 29.2 Å². The van der Waals surface area contributed by atoms with Crippen LogP contribution in [0.1, 0.15) is 40.5 Å². The highest BCUT2D eigenvalue weighted by Gasteiger charge is 2.33. The number of carbonyl (C=O) groups excluding carboxylic acids is 2. The molecule has 3 rings (SSSR count). The number of carbonyl (C=O) groups is 2. The number of anilines is 1. The van der Waals surface area contributed by atoms with Gasteiger partial charge >= 0.3 is 0 Å². The summed E-state index contributed by atoms with van der Waals surface area (Å²) in [5.74, 6) is -0.130. The van der Waals surface area contributed by atoms with Gasteiger partial charge in [0.05, 0.1) is 10.6 Å². The van der Waals surface area contributed by atoms with Gasteiger partial charge in [0.25, 0.3) is 0 Å². The molecule has 1 fully saturated rings. The van der Waals surface area contributed by atoms with Gasteiger partial charge in [-0.15, -0.1) is 11.8 Å². The number of fused-ring (bicyclic) bond motifs is 1. The van der Waals surface area contributed by atoms with Gasteiger partial charge in [0.1, 0.15) is 6.54 Å². The fourth-order valence-corrected chi connectivity index (χ4v) is 6.09. The molecule has 9 heteroatoms. The topological polar surface area (TPSA) is 86.8 Å². The van der Waals surface area contributed by atoms with E-state index in [1.807, 2.05) is 27.7 Å². The Morgan fingerprint density at radius 2 is 1.90 bits per heavy atom. The van der Waals surface area contributed by atoms with Crippen LogP contribution < -0.4 is 10.2 Å². The Bertz CT molecular complexity index is 903. The quantitative estimate of drug-likeness (QED) is 0.779. The molecule has 0 aliphatic carbocycles. The highest BCUT2D eigenvalue weighted by atomic mass is 32.2. The SMILES string of the molecule is C[C@H]1CSc2ccc(S(=O)(=O)N3CCCC3)cc2N(CC(=O)NC(C)(C)C)C1=O. The molecule has 0 radical (unpaired) electrons. The molecule has 0 spiro atoms. The first-order valence-corrected chi connectivity index (χ1v) is 12.3. The number of nitrogens with one attached hydrogen (secondary N) is 1. The van der Waals surface area contributed by atoms with Crippen LogP contribution in [0.3, 0.4) is 0 Å². The molecule has 2 heterocycles. The molecular formula is C20H29N3O4S2. The van der Waals surface area contributed by atoms with Crippen LogP contribution in [-0.4, -0.2) is 55.5 Å². The van der Waals surface area contributed by atoms with Gasteiger partial charge in [-0.3, -0.25) is 9.59 Å². The Morgan fingerprint density at radius 1 is 1.24 bits per heavy atom. The van der Waals surface area contributed by atoms with Crippen molar-refractivity contribution in [3.8, 4) is 0 Å². The minimum atomic E-state index is -3.61. The molecule has 1 atom stereocenters. The van der Waals surface area contributed by atoms with E-state index in [9.17, 15) is 18.0 Å². The first-order chi connectivity index (χ1) is 13.5. The molecule has 1 aromatic rings. The summed E-state index contributed by atoms with van der Waals surface area (Å²) >= 11 is 1.51. The lowest BCUT2D eigenvalue weighted by Gasteiger charge is -2.27. The average Bonchev–Trinajstić information content (AvgIpc) is 3.14. The van der Waals surface area contributed by atoms with E-state index in [0.29, 0.717) is 24.5 Å². The van der Waals surface area contributed by atoms with E-state index in [0.717, 1.165) is 17.7 Å². The van der Waals surface area contributed by atoms with E-state index in [1.54, 1.807) is 18.2 Å². The molecule has 1 saturated heterocycles. The number of benzene rings is 1. The largest absolute Gasteiger partial charge is 0.350 e. The maximum Gasteiger partial charge on any atom is 0.243 e. The third-order valence-electron chi connectivity index (χ3n) is 4.92. The van der Waals surface area contributed by atoms with Crippen LogP contribution in [-0.2, 0) is 19.6 Å². The number of nitrogens with zero attached hydrogens (tertiary/aromatic N) is 2. The van der Waals surface area contributed by atoms with Gasteiger partial charge in [0, 0.05) is 35.2 Å². The monoisotopic (exact) mass is 439 g/mol. The normalized spacial score (nSPS) is 21.0. The van der Waals surface area contributed by atoms with Crippen LogP contribution in [0.25, 0.3) is 0 Å². The number of thioether (sulfide) groups is 1. The summed E-state index contributed by atoms with van der Waals surface area (Å²) in [5.41, 5.74) is 0.0736. The van der Waals surface area contributed by atoms with Crippen molar-refractivity contribution in [1.29, 1.82) is 0 Å². The highest BCUT2D eigenvalue weighted by molar-refractivity contribution is 7.99. The molecule has 0 aromatic heterocycles. The Hall–Kier alpha value is -1.58. The molecule has 29 heavy (non-hydrogen) atoms. The third-order valence-corrected chi connectivity index (χ3v) is 8.13. The first kappa shape index (κ1) is 22.1. The summed E-state index contributed by atoms with van der Waals surface area (Å²) in [6, 6.07) is 4.91. The van der Waals surface area contributed by atoms with Crippen molar-refractivity contribution in [2.45, 2.75) is 55.9 Å². The highest BCUT2D eigenvalue weighted by Crippen LogP contribution is 2.38. The zero-order valence-electron chi connectivity index (χ0n) is 17.4. The van der Waals surface area contributed by atoms with Gasteiger partial charge in [0.2, 0.25) is 21.8 Å². The first-order valence-electron chi connectivity index (χ1n) is 9.88. The third kappa shape index (κ3) is 4.95. The molecule has 1 aromatic carbocycles. The molecule has 2 amide bonds. The number of amides is 2. The second-order valence-electron chi connectivity index (χ2n) is 8.68. The summed E-state index contributed by atoms with van der Waals surface area (Å²) in [7, 11) is -3.61. The molecule has 0 bridgehead atoms. The number of sulfonamides is 1. The standard InChI is InChI=1S/C20H29N3O4S2/c1-14-13-28-17-8-7-15(29(26,27)22-9-5-6-10-22)11-16(17)23(19(14)25)12-18(24)21-20(2,3)4/h7-8,11,14H,5-6,9-10,12-13H2,1-4H3,(H,21,24)/t14-/m0/s1. The fourth-order valence-electron chi connectivity index (χ4n) is 3.50. The second-order valence-corrected chi connectivity index (χ2v) is 11.7. The zero-order valence-corrected chi connectivity index (χ0v) is 19.0. The fraction of sp³-hybridized carbons (Fsp3) is 0.600. The predicted molar refractivity (Wildman–Crippen MR) is 115 cm³/mol. The molecule has 1 N–H and O–H groups in total. The van der Waals surface area contributed by atoms with Crippen LogP contribution in [0, 0.1) is 5.92 Å². The second kappa shape index (κ2) is 8.28. The number of hydrogen-bond donors (Lipinski definition) is 1. The minimum absolute atomic E-state index is 0.138. The Labute approximate surface area is 177 Å².